The Morgan fingerprint density at radius 2 is 2.05 bits per heavy atom. The van der Waals surface area contributed by atoms with Gasteiger partial charge in [0.05, 0.1) is 0 Å². The van der Waals surface area contributed by atoms with Crippen LogP contribution in [0.25, 0.3) is 0 Å². The van der Waals surface area contributed by atoms with Crippen LogP contribution in [0, 0.1) is 0 Å². The molecule has 0 aliphatic carbocycles. The summed E-state index contributed by atoms with van der Waals surface area (Å²) in [5.41, 5.74) is 2.00. The summed E-state index contributed by atoms with van der Waals surface area (Å²) < 4.78 is 23.3. The highest BCUT2D eigenvalue weighted by Crippen LogP contribution is 2.33. The molecule has 5 heteroatoms. The van der Waals surface area contributed by atoms with Gasteiger partial charge in [0, 0.05) is 18.0 Å². The first kappa shape index (κ1) is 15.0. The number of carbonyl (C=O) groups is 1. The molecular formula is C15H21NO3S. The van der Waals surface area contributed by atoms with Gasteiger partial charge in [-0.25, -0.2) is 8.42 Å². The number of carbonyl (C=O) groups excluding carboxylic acids is 1. The van der Waals surface area contributed by atoms with Gasteiger partial charge in [0.15, 0.2) is 9.84 Å². The highest BCUT2D eigenvalue weighted by molar-refractivity contribution is 7.92. The van der Waals surface area contributed by atoms with Crippen molar-refractivity contribution in [3.8, 4) is 0 Å². The lowest BCUT2D eigenvalue weighted by Gasteiger charge is -2.23. The van der Waals surface area contributed by atoms with Crippen LogP contribution in [-0.4, -0.2) is 32.4 Å². The zero-order valence-electron chi connectivity index (χ0n) is 12.0. The van der Waals surface area contributed by atoms with Gasteiger partial charge in [0.2, 0.25) is 5.91 Å². The molecule has 20 heavy (non-hydrogen) atoms. The quantitative estimate of drug-likeness (QED) is 0.860. The molecule has 1 aliphatic rings. The molecule has 0 bridgehead atoms. The third-order valence-electron chi connectivity index (χ3n) is 3.86. The number of hydrogen-bond donors (Lipinski definition) is 0. The van der Waals surface area contributed by atoms with Gasteiger partial charge in [-0.05, 0) is 30.4 Å². The lowest BCUT2D eigenvalue weighted by molar-refractivity contribution is -0.116. The van der Waals surface area contributed by atoms with E-state index in [9.17, 15) is 13.2 Å². The Balaban J connectivity index is 2.32. The van der Waals surface area contributed by atoms with Gasteiger partial charge in [0.25, 0.3) is 0 Å². The van der Waals surface area contributed by atoms with Crippen molar-refractivity contribution in [2.75, 3.05) is 23.0 Å². The van der Waals surface area contributed by atoms with Crippen molar-refractivity contribution in [3.63, 3.8) is 0 Å². The van der Waals surface area contributed by atoms with E-state index in [1.807, 2.05) is 24.3 Å². The van der Waals surface area contributed by atoms with Crippen molar-refractivity contribution in [1.82, 2.24) is 0 Å². The average molecular weight is 295 g/mol. The van der Waals surface area contributed by atoms with Crippen LogP contribution in [-0.2, 0) is 14.6 Å². The zero-order chi connectivity index (χ0) is 14.8. The molecule has 0 aromatic heterocycles. The number of benzene rings is 1. The molecule has 1 aromatic carbocycles. The highest BCUT2D eigenvalue weighted by atomic mass is 32.2. The Kier molecular flexibility index (Phi) is 4.48. The maximum Gasteiger partial charge on any atom is 0.242 e. The maximum absolute atomic E-state index is 12.3. The van der Waals surface area contributed by atoms with Crippen molar-refractivity contribution in [2.24, 2.45) is 0 Å². The molecule has 1 heterocycles. The number of anilines is 1. The lowest BCUT2D eigenvalue weighted by atomic mass is 9.96. The summed E-state index contributed by atoms with van der Waals surface area (Å²) in [5, 5.41) is 0. The van der Waals surface area contributed by atoms with Crippen molar-refractivity contribution >= 4 is 21.4 Å². The number of hydrogen-bond acceptors (Lipinski definition) is 3. The van der Waals surface area contributed by atoms with E-state index in [4.69, 9.17) is 0 Å². The Morgan fingerprint density at radius 1 is 1.35 bits per heavy atom. The number of nitrogens with zero attached hydrogens (tertiary/aromatic N) is 1. The van der Waals surface area contributed by atoms with Crippen LogP contribution in [0.15, 0.2) is 24.3 Å². The van der Waals surface area contributed by atoms with E-state index in [-0.39, 0.29) is 11.7 Å². The van der Waals surface area contributed by atoms with Crippen LogP contribution in [0.4, 0.5) is 5.69 Å². The van der Waals surface area contributed by atoms with Gasteiger partial charge in [-0.15, -0.1) is 0 Å². The maximum atomic E-state index is 12.3. The minimum Gasteiger partial charge on any atom is -0.311 e. The minimum absolute atomic E-state index is 0.00459. The van der Waals surface area contributed by atoms with Crippen LogP contribution < -0.4 is 4.90 Å². The third kappa shape index (κ3) is 3.20. The van der Waals surface area contributed by atoms with Gasteiger partial charge in [-0.1, -0.05) is 32.0 Å². The van der Waals surface area contributed by atoms with Crippen LogP contribution in [0.1, 0.15) is 38.2 Å². The van der Waals surface area contributed by atoms with E-state index >= 15 is 0 Å². The molecule has 2 rings (SSSR count). The van der Waals surface area contributed by atoms with Crippen molar-refractivity contribution in [3.05, 3.63) is 29.8 Å². The summed E-state index contributed by atoms with van der Waals surface area (Å²) in [6.07, 6.45) is 1.91. The van der Waals surface area contributed by atoms with E-state index in [1.54, 1.807) is 11.8 Å². The van der Waals surface area contributed by atoms with Gasteiger partial charge < -0.3 is 4.90 Å². The van der Waals surface area contributed by atoms with E-state index in [0.717, 1.165) is 24.1 Å². The van der Waals surface area contributed by atoms with Crippen LogP contribution in [0.2, 0.25) is 0 Å². The van der Waals surface area contributed by atoms with Gasteiger partial charge in [-0.3, -0.25) is 4.79 Å². The molecule has 1 aliphatic heterocycles. The molecule has 0 saturated heterocycles. The second-order valence-electron chi connectivity index (χ2n) is 5.32. The Morgan fingerprint density at radius 3 is 2.75 bits per heavy atom. The Labute approximate surface area is 120 Å². The number of sulfone groups is 1. The molecule has 1 unspecified atom stereocenters. The fraction of sp³-hybridized carbons (Fsp3) is 0.533. The molecule has 1 amide bonds. The average Bonchev–Trinajstić information content (AvgIpc) is 2.58. The summed E-state index contributed by atoms with van der Waals surface area (Å²) >= 11 is 0. The molecular weight excluding hydrogens is 274 g/mol. The molecule has 0 radical (unpaired) electrons. The predicted octanol–water partition coefficient (Wildman–Crippen LogP) is 2.35. The van der Waals surface area contributed by atoms with E-state index in [1.165, 1.54) is 0 Å². The smallest absolute Gasteiger partial charge is 0.242 e. The largest absolute Gasteiger partial charge is 0.311 e. The molecule has 1 aromatic rings. The van der Waals surface area contributed by atoms with Crippen molar-refractivity contribution < 1.29 is 13.2 Å². The Hall–Kier alpha value is -1.36. The molecule has 0 fully saturated rings. The second kappa shape index (κ2) is 5.95. The van der Waals surface area contributed by atoms with E-state index < -0.39 is 15.6 Å². The van der Waals surface area contributed by atoms with Gasteiger partial charge >= 0.3 is 0 Å². The number of rotatable bonds is 3. The van der Waals surface area contributed by atoms with E-state index in [0.29, 0.717) is 12.5 Å². The monoisotopic (exact) mass is 295 g/mol. The lowest BCUT2D eigenvalue weighted by Crippen LogP contribution is -2.36. The zero-order valence-corrected chi connectivity index (χ0v) is 12.8. The summed E-state index contributed by atoms with van der Waals surface area (Å²) in [6.45, 7) is 4.32. The number of para-hydroxylation sites is 1. The van der Waals surface area contributed by atoms with Crippen LogP contribution in [0.5, 0.6) is 0 Å². The Bertz CT molecular complexity index is 595. The van der Waals surface area contributed by atoms with E-state index in [2.05, 4.69) is 6.92 Å². The SMILES string of the molecule is CCS(=O)(=O)CC(=O)N1CCCC(C)c2ccccc21. The highest BCUT2D eigenvalue weighted by Gasteiger charge is 2.26. The standard InChI is InChI=1S/C15H21NO3S/c1-3-20(18,19)11-15(17)16-10-6-7-12(2)13-8-4-5-9-14(13)16/h4-5,8-9,12H,3,6-7,10-11H2,1-2H3. The molecule has 0 N–H and O–H groups in total. The molecule has 0 saturated carbocycles. The second-order valence-corrected chi connectivity index (χ2v) is 7.68. The predicted molar refractivity (Wildman–Crippen MR) is 80.8 cm³/mol. The fourth-order valence-corrected chi connectivity index (χ4v) is 3.34. The molecule has 0 spiro atoms. The van der Waals surface area contributed by atoms with Crippen LogP contribution >= 0.6 is 0 Å². The molecule has 110 valence electrons. The van der Waals surface area contributed by atoms with Gasteiger partial charge in [0.1, 0.15) is 5.75 Å². The summed E-state index contributed by atoms with van der Waals surface area (Å²) in [4.78, 5) is 14.0. The summed E-state index contributed by atoms with van der Waals surface area (Å²) in [7, 11) is -3.29. The van der Waals surface area contributed by atoms with Crippen molar-refractivity contribution in [1.29, 1.82) is 0 Å². The summed E-state index contributed by atoms with van der Waals surface area (Å²) in [6, 6.07) is 7.80. The minimum atomic E-state index is -3.29. The first-order valence-corrected chi connectivity index (χ1v) is 8.86. The molecule has 4 nitrogen and oxygen atoms in total. The fourth-order valence-electron chi connectivity index (χ4n) is 2.61. The molecule has 1 atom stereocenters. The normalized spacial score (nSPS) is 19.3. The van der Waals surface area contributed by atoms with Crippen molar-refractivity contribution in [2.45, 2.75) is 32.6 Å². The van der Waals surface area contributed by atoms with Crippen LogP contribution in [0.3, 0.4) is 0 Å². The first-order valence-electron chi connectivity index (χ1n) is 7.04. The topological polar surface area (TPSA) is 54.5 Å². The third-order valence-corrected chi connectivity index (χ3v) is 5.43. The number of fused-ring (bicyclic) bond motifs is 1. The van der Waals surface area contributed by atoms with Gasteiger partial charge in [-0.2, -0.15) is 0 Å². The summed E-state index contributed by atoms with van der Waals surface area (Å²) in [5.74, 6) is -0.309. The number of amides is 1. The first-order chi connectivity index (χ1) is 9.44.